The van der Waals surface area contributed by atoms with Gasteiger partial charge in [0.05, 0.1) is 11.8 Å². The van der Waals surface area contributed by atoms with Crippen molar-refractivity contribution in [3.63, 3.8) is 0 Å². The molecule has 0 spiro atoms. The molecule has 1 N–H and O–H groups in total. The Hall–Kier alpha value is -2.14. The van der Waals surface area contributed by atoms with Crippen molar-refractivity contribution in [2.24, 2.45) is 0 Å². The largest absolute Gasteiger partial charge is 0.391 e. The van der Waals surface area contributed by atoms with Crippen LogP contribution in [-0.4, -0.2) is 44.9 Å². The Morgan fingerprint density at radius 2 is 2.26 bits per heavy atom. The number of aromatic nitrogens is 2. The van der Waals surface area contributed by atoms with Gasteiger partial charge in [0.25, 0.3) is 5.91 Å². The molecule has 1 aromatic carbocycles. The maximum atomic E-state index is 12.3. The summed E-state index contributed by atoms with van der Waals surface area (Å²) in [6.45, 7) is 1.04. The summed E-state index contributed by atoms with van der Waals surface area (Å²) in [5, 5.41) is 13.6. The number of nitrogens with zero attached hydrogens (tertiary/aromatic N) is 3. The van der Waals surface area contributed by atoms with E-state index < -0.39 is 6.10 Å². The fraction of sp³-hybridized carbons (Fsp3) is 0.286. The smallest absolute Gasteiger partial charge is 0.254 e. The summed E-state index contributed by atoms with van der Waals surface area (Å²) in [6, 6.07) is 9.20. The maximum Gasteiger partial charge on any atom is 0.254 e. The highest BCUT2D eigenvalue weighted by Gasteiger charge is 2.25. The number of amides is 1. The quantitative estimate of drug-likeness (QED) is 0.875. The van der Waals surface area contributed by atoms with Gasteiger partial charge in [0, 0.05) is 31.0 Å². The lowest BCUT2D eigenvalue weighted by Crippen LogP contribution is -2.29. The molecule has 19 heavy (non-hydrogen) atoms. The van der Waals surface area contributed by atoms with Gasteiger partial charge in [0.2, 0.25) is 0 Å². The Bertz CT molecular complexity index is 580. The van der Waals surface area contributed by atoms with Crippen molar-refractivity contribution in [2.45, 2.75) is 12.5 Å². The van der Waals surface area contributed by atoms with E-state index in [1.54, 1.807) is 21.8 Å². The fourth-order valence-electron chi connectivity index (χ4n) is 2.31. The van der Waals surface area contributed by atoms with Gasteiger partial charge in [-0.3, -0.25) is 4.79 Å². The van der Waals surface area contributed by atoms with E-state index in [0.29, 0.717) is 25.1 Å². The van der Waals surface area contributed by atoms with Crippen molar-refractivity contribution >= 4 is 5.91 Å². The third kappa shape index (κ3) is 2.37. The predicted octanol–water partition coefficient (Wildman–Crippen LogP) is 1.08. The van der Waals surface area contributed by atoms with Crippen LogP contribution in [0.15, 0.2) is 42.7 Å². The summed E-state index contributed by atoms with van der Waals surface area (Å²) >= 11 is 0. The van der Waals surface area contributed by atoms with E-state index in [1.807, 2.05) is 30.5 Å². The first-order valence-electron chi connectivity index (χ1n) is 6.31. The zero-order chi connectivity index (χ0) is 13.2. The number of carbonyl (C=O) groups is 1. The van der Waals surface area contributed by atoms with Gasteiger partial charge in [0.1, 0.15) is 0 Å². The van der Waals surface area contributed by atoms with Crippen LogP contribution in [-0.2, 0) is 0 Å². The fourth-order valence-corrected chi connectivity index (χ4v) is 2.31. The van der Waals surface area contributed by atoms with E-state index in [0.717, 1.165) is 5.69 Å². The Balaban J connectivity index is 1.85. The molecule has 3 rings (SSSR count). The first kappa shape index (κ1) is 11.9. The molecule has 0 bridgehead atoms. The monoisotopic (exact) mass is 257 g/mol. The van der Waals surface area contributed by atoms with Gasteiger partial charge in [-0.25, -0.2) is 4.68 Å². The highest BCUT2D eigenvalue weighted by molar-refractivity contribution is 5.95. The second-order valence-electron chi connectivity index (χ2n) is 4.69. The SMILES string of the molecule is O=C(c1cccc(-n2cccn2)c1)N1CC[C@H](O)C1. The van der Waals surface area contributed by atoms with Gasteiger partial charge >= 0.3 is 0 Å². The Labute approximate surface area is 111 Å². The highest BCUT2D eigenvalue weighted by Crippen LogP contribution is 2.16. The number of rotatable bonds is 2. The number of carbonyl (C=O) groups excluding carboxylic acids is 1. The summed E-state index contributed by atoms with van der Waals surface area (Å²) in [5.41, 5.74) is 1.48. The van der Waals surface area contributed by atoms with Gasteiger partial charge in [-0.1, -0.05) is 6.07 Å². The third-order valence-electron chi connectivity index (χ3n) is 3.31. The van der Waals surface area contributed by atoms with Crippen molar-refractivity contribution in [3.05, 3.63) is 48.3 Å². The topological polar surface area (TPSA) is 58.4 Å². The van der Waals surface area contributed by atoms with Crippen molar-refractivity contribution in [1.29, 1.82) is 0 Å². The van der Waals surface area contributed by atoms with E-state index in [9.17, 15) is 9.90 Å². The molecule has 0 radical (unpaired) electrons. The molecular weight excluding hydrogens is 242 g/mol. The lowest BCUT2D eigenvalue weighted by Gasteiger charge is -2.16. The number of benzene rings is 1. The molecule has 0 saturated carbocycles. The lowest BCUT2D eigenvalue weighted by molar-refractivity contribution is 0.0765. The van der Waals surface area contributed by atoms with E-state index >= 15 is 0 Å². The highest BCUT2D eigenvalue weighted by atomic mass is 16.3. The summed E-state index contributed by atoms with van der Waals surface area (Å²) in [6.07, 6.45) is 3.80. The van der Waals surface area contributed by atoms with Gasteiger partial charge < -0.3 is 10.0 Å². The minimum atomic E-state index is -0.391. The standard InChI is InChI=1S/C14H15N3O2/c18-13-5-8-16(10-13)14(19)11-3-1-4-12(9-11)17-7-2-6-15-17/h1-4,6-7,9,13,18H,5,8,10H2/t13-/m0/s1. The molecule has 1 aliphatic rings. The van der Waals surface area contributed by atoms with E-state index in [4.69, 9.17) is 0 Å². The number of aliphatic hydroxyl groups is 1. The molecule has 0 unspecified atom stereocenters. The number of likely N-dealkylation sites (tertiary alicyclic amines) is 1. The second kappa shape index (κ2) is 4.85. The van der Waals surface area contributed by atoms with Crippen LogP contribution >= 0.6 is 0 Å². The van der Waals surface area contributed by atoms with Gasteiger partial charge in [-0.15, -0.1) is 0 Å². The molecule has 5 nitrogen and oxygen atoms in total. The number of hydrogen-bond donors (Lipinski definition) is 1. The minimum absolute atomic E-state index is 0.0365. The Morgan fingerprint density at radius 3 is 2.95 bits per heavy atom. The zero-order valence-corrected chi connectivity index (χ0v) is 10.4. The maximum absolute atomic E-state index is 12.3. The normalized spacial score (nSPS) is 18.8. The molecule has 1 saturated heterocycles. The average Bonchev–Trinajstić information content (AvgIpc) is 3.09. The summed E-state index contributed by atoms with van der Waals surface area (Å²) in [4.78, 5) is 14.0. The molecule has 1 atom stereocenters. The Morgan fingerprint density at radius 1 is 1.37 bits per heavy atom. The Kier molecular flexibility index (Phi) is 3.05. The molecule has 2 aromatic rings. The predicted molar refractivity (Wildman–Crippen MR) is 70.1 cm³/mol. The molecule has 1 amide bonds. The van der Waals surface area contributed by atoms with Crippen molar-refractivity contribution in [3.8, 4) is 5.69 Å². The molecule has 98 valence electrons. The van der Waals surface area contributed by atoms with Gasteiger partial charge in [-0.05, 0) is 30.7 Å². The van der Waals surface area contributed by atoms with Crippen LogP contribution in [0.4, 0.5) is 0 Å². The van der Waals surface area contributed by atoms with Crippen LogP contribution < -0.4 is 0 Å². The molecule has 0 aliphatic carbocycles. The minimum Gasteiger partial charge on any atom is -0.391 e. The molecule has 1 aromatic heterocycles. The van der Waals surface area contributed by atoms with Gasteiger partial charge in [-0.2, -0.15) is 5.10 Å². The number of β-amino-alcohol motifs (C(OH)–C–C–N with tert-alkyl or cyclic N) is 1. The van der Waals surface area contributed by atoms with Crippen LogP contribution in [0.3, 0.4) is 0 Å². The molecule has 1 aliphatic heterocycles. The third-order valence-corrected chi connectivity index (χ3v) is 3.31. The number of aliphatic hydroxyl groups excluding tert-OH is 1. The van der Waals surface area contributed by atoms with Crippen LogP contribution in [0.25, 0.3) is 5.69 Å². The van der Waals surface area contributed by atoms with Crippen molar-refractivity contribution in [2.75, 3.05) is 13.1 Å². The summed E-state index contributed by atoms with van der Waals surface area (Å²) in [7, 11) is 0. The average molecular weight is 257 g/mol. The van der Waals surface area contributed by atoms with E-state index in [-0.39, 0.29) is 5.91 Å². The van der Waals surface area contributed by atoms with Crippen LogP contribution in [0.1, 0.15) is 16.8 Å². The zero-order valence-electron chi connectivity index (χ0n) is 10.4. The van der Waals surface area contributed by atoms with E-state index in [2.05, 4.69) is 5.10 Å². The molecular formula is C14H15N3O2. The van der Waals surface area contributed by atoms with Crippen LogP contribution in [0, 0.1) is 0 Å². The van der Waals surface area contributed by atoms with Crippen molar-refractivity contribution < 1.29 is 9.90 Å². The summed E-state index contributed by atoms with van der Waals surface area (Å²) < 4.78 is 1.72. The summed E-state index contributed by atoms with van der Waals surface area (Å²) in [5.74, 6) is -0.0365. The first-order chi connectivity index (χ1) is 9.24. The molecule has 2 heterocycles. The number of hydrogen-bond acceptors (Lipinski definition) is 3. The first-order valence-corrected chi connectivity index (χ1v) is 6.31. The second-order valence-corrected chi connectivity index (χ2v) is 4.69. The lowest BCUT2D eigenvalue weighted by atomic mass is 10.2. The van der Waals surface area contributed by atoms with Gasteiger partial charge in [0.15, 0.2) is 0 Å². The van der Waals surface area contributed by atoms with E-state index in [1.165, 1.54) is 0 Å². The van der Waals surface area contributed by atoms with Crippen LogP contribution in [0.2, 0.25) is 0 Å². The molecule has 5 heteroatoms. The van der Waals surface area contributed by atoms with Crippen LogP contribution in [0.5, 0.6) is 0 Å². The molecule has 1 fully saturated rings. The van der Waals surface area contributed by atoms with Crippen molar-refractivity contribution in [1.82, 2.24) is 14.7 Å².